The summed E-state index contributed by atoms with van der Waals surface area (Å²) in [6.07, 6.45) is 1.81. The number of nitrogens with two attached hydrogens (primary N) is 1. The van der Waals surface area contributed by atoms with E-state index in [1.165, 1.54) is 0 Å². The number of aromatic nitrogens is 1. The summed E-state index contributed by atoms with van der Waals surface area (Å²) in [7, 11) is 0. The van der Waals surface area contributed by atoms with Crippen LogP contribution in [-0.2, 0) is 0 Å². The lowest BCUT2D eigenvalue weighted by atomic mass is 9.81. The first kappa shape index (κ1) is 13.7. The molecule has 0 spiro atoms. The van der Waals surface area contributed by atoms with Gasteiger partial charge in [-0.3, -0.25) is 4.98 Å². The van der Waals surface area contributed by atoms with Gasteiger partial charge in [0.15, 0.2) is 0 Å². The maximum atomic E-state index is 5.96. The van der Waals surface area contributed by atoms with Gasteiger partial charge in [-0.1, -0.05) is 39.8 Å². The number of hydrogen-bond donors (Lipinski definition) is 2. The summed E-state index contributed by atoms with van der Waals surface area (Å²) in [5.74, 6) is 0.623. The zero-order valence-electron chi connectivity index (χ0n) is 12.2. The fourth-order valence-electron chi connectivity index (χ4n) is 1.88. The number of nitrogen functional groups attached to an aromatic ring is 1. The van der Waals surface area contributed by atoms with Crippen LogP contribution < -0.4 is 11.1 Å². The summed E-state index contributed by atoms with van der Waals surface area (Å²) < 4.78 is 0. The van der Waals surface area contributed by atoms with Gasteiger partial charge in [-0.2, -0.15) is 0 Å². The molecule has 1 aromatic heterocycles. The number of benzene rings is 1. The van der Waals surface area contributed by atoms with Crippen LogP contribution in [0.2, 0.25) is 0 Å². The average molecular weight is 257 g/mol. The molecule has 1 aromatic carbocycles. The average Bonchev–Trinajstić information content (AvgIpc) is 2.37. The lowest BCUT2D eigenvalue weighted by Gasteiger charge is -2.30. The van der Waals surface area contributed by atoms with Crippen LogP contribution in [0.25, 0.3) is 10.9 Å². The molecule has 3 nitrogen and oxygen atoms in total. The summed E-state index contributed by atoms with van der Waals surface area (Å²) in [5, 5.41) is 4.63. The third-order valence-electron chi connectivity index (χ3n) is 4.10. The number of hydrogen-bond acceptors (Lipinski definition) is 3. The van der Waals surface area contributed by atoms with Crippen molar-refractivity contribution in [2.75, 3.05) is 17.6 Å². The standard InChI is InChI=1S/C16H23N3/c1-11(2)16(3,4)10-19-14-8-9-18-15-12(14)6-5-7-13(15)17/h5-9,11H,10,17H2,1-4H3,(H,18,19). The summed E-state index contributed by atoms with van der Waals surface area (Å²) in [4.78, 5) is 4.36. The second-order valence-electron chi connectivity index (χ2n) is 6.10. The Morgan fingerprint density at radius 2 is 2.00 bits per heavy atom. The van der Waals surface area contributed by atoms with Crippen molar-refractivity contribution in [3.8, 4) is 0 Å². The molecule has 3 N–H and O–H groups in total. The van der Waals surface area contributed by atoms with Gasteiger partial charge in [-0.25, -0.2) is 0 Å². The first-order valence-electron chi connectivity index (χ1n) is 6.79. The van der Waals surface area contributed by atoms with Crippen LogP contribution in [0.1, 0.15) is 27.7 Å². The van der Waals surface area contributed by atoms with Gasteiger partial charge in [0.1, 0.15) is 0 Å². The number of nitrogens with one attached hydrogen (secondary N) is 1. The Morgan fingerprint density at radius 1 is 1.26 bits per heavy atom. The van der Waals surface area contributed by atoms with E-state index in [1.807, 2.05) is 24.4 Å². The third kappa shape index (κ3) is 2.80. The zero-order valence-corrected chi connectivity index (χ0v) is 12.2. The number of fused-ring (bicyclic) bond motifs is 1. The highest BCUT2D eigenvalue weighted by Crippen LogP contribution is 2.29. The van der Waals surface area contributed by atoms with E-state index in [-0.39, 0.29) is 5.41 Å². The minimum Gasteiger partial charge on any atom is -0.397 e. The van der Waals surface area contributed by atoms with Gasteiger partial charge in [-0.05, 0) is 23.5 Å². The van der Waals surface area contributed by atoms with E-state index in [0.29, 0.717) is 5.92 Å². The molecule has 0 saturated carbocycles. The van der Waals surface area contributed by atoms with E-state index in [1.54, 1.807) is 0 Å². The lowest BCUT2D eigenvalue weighted by Crippen LogP contribution is -2.28. The molecule has 1 heterocycles. The molecular weight excluding hydrogens is 234 g/mol. The fraction of sp³-hybridized carbons (Fsp3) is 0.438. The fourth-order valence-corrected chi connectivity index (χ4v) is 1.88. The molecule has 0 aliphatic rings. The largest absolute Gasteiger partial charge is 0.397 e. The number of para-hydroxylation sites is 1. The highest BCUT2D eigenvalue weighted by Gasteiger charge is 2.22. The van der Waals surface area contributed by atoms with Crippen LogP contribution in [0.15, 0.2) is 30.5 Å². The summed E-state index contributed by atoms with van der Waals surface area (Å²) in [5.41, 5.74) is 8.91. The first-order valence-corrected chi connectivity index (χ1v) is 6.79. The van der Waals surface area contributed by atoms with Gasteiger partial charge < -0.3 is 11.1 Å². The summed E-state index contributed by atoms with van der Waals surface area (Å²) >= 11 is 0. The van der Waals surface area contributed by atoms with Crippen LogP contribution in [0.3, 0.4) is 0 Å². The van der Waals surface area contributed by atoms with Crippen molar-refractivity contribution >= 4 is 22.3 Å². The Kier molecular flexibility index (Phi) is 3.65. The minimum atomic E-state index is 0.246. The highest BCUT2D eigenvalue weighted by atomic mass is 14.9. The lowest BCUT2D eigenvalue weighted by molar-refractivity contribution is 0.270. The zero-order chi connectivity index (χ0) is 14.0. The quantitative estimate of drug-likeness (QED) is 0.816. The number of anilines is 2. The van der Waals surface area contributed by atoms with Crippen molar-refractivity contribution in [3.63, 3.8) is 0 Å². The molecule has 102 valence electrons. The van der Waals surface area contributed by atoms with Gasteiger partial charge in [-0.15, -0.1) is 0 Å². The van der Waals surface area contributed by atoms with Crippen molar-refractivity contribution in [3.05, 3.63) is 30.5 Å². The molecule has 0 unspecified atom stereocenters. The topological polar surface area (TPSA) is 50.9 Å². The minimum absolute atomic E-state index is 0.246. The van der Waals surface area contributed by atoms with Crippen LogP contribution >= 0.6 is 0 Å². The molecule has 0 aliphatic carbocycles. The van der Waals surface area contributed by atoms with Crippen LogP contribution in [0, 0.1) is 11.3 Å². The van der Waals surface area contributed by atoms with Crippen molar-refractivity contribution in [1.29, 1.82) is 0 Å². The molecule has 0 radical (unpaired) electrons. The Labute approximate surface area is 115 Å². The normalized spacial score (nSPS) is 12.1. The van der Waals surface area contributed by atoms with Crippen LogP contribution in [-0.4, -0.2) is 11.5 Å². The van der Waals surface area contributed by atoms with E-state index in [2.05, 4.69) is 44.1 Å². The number of pyridine rings is 1. The molecule has 3 heteroatoms. The monoisotopic (exact) mass is 257 g/mol. The third-order valence-corrected chi connectivity index (χ3v) is 4.10. The Hall–Kier alpha value is -1.77. The van der Waals surface area contributed by atoms with Gasteiger partial charge >= 0.3 is 0 Å². The van der Waals surface area contributed by atoms with Crippen molar-refractivity contribution in [1.82, 2.24) is 4.98 Å². The molecule has 2 rings (SSSR count). The first-order chi connectivity index (χ1) is 8.92. The molecule has 19 heavy (non-hydrogen) atoms. The van der Waals surface area contributed by atoms with Crippen molar-refractivity contribution in [2.45, 2.75) is 27.7 Å². The van der Waals surface area contributed by atoms with Gasteiger partial charge in [0.05, 0.1) is 11.2 Å². The molecule has 0 saturated heterocycles. The summed E-state index contributed by atoms with van der Waals surface area (Å²) in [6.45, 7) is 10.00. The van der Waals surface area contributed by atoms with Crippen molar-refractivity contribution < 1.29 is 0 Å². The van der Waals surface area contributed by atoms with Gasteiger partial charge in [0.25, 0.3) is 0 Å². The maximum absolute atomic E-state index is 5.96. The molecule has 0 fully saturated rings. The molecular formula is C16H23N3. The summed E-state index contributed by atoms with van der Waals surface area (Å²) in [6, 6.07) is 7.93. The number of nitrogens with zero attached hydrogens (tertiary/aromatic N) is 1. The second-order valence-corrected chi connectivity index (χ2v) is 6.10. The van der Waals surface area contributed by atoms with E-state index >= 15 is 0 Å². The van der Waals surface area contributed by atoms with Gasteiger partial charge in [0, 0.05) is 23.8 Å². The predicted molar refractivity (Wildman–Crippen MR) is 83.3 cm³/mol. The SMILES string of the molecule is CC(C)C(C)(C)CNc1ccnc2c(N)cccc12. The van der Waals surface area contributed by atoms with Crippen LogP contribution in [0.4, 0.5) is 11.4 Å². The van der Waals surface area contributed by atoms with Gasteiger partial charge in [0.2, 0.25) is 0 Å². The van der Waals surface area contributed by atoms with E-state index in [0.717, 1.165) is 28.8 Å². The number of rotatable bonds is 4. The Balaban J connectivity index is 2.29. The predicted octanol–water partition coefficient (Wildman–Crippen LogP) is 3.91. The second kappa shape index (κ2) is 5.08. The highest BCUT2D eigenvalue weighted by molar-refractivity contribution is 5.97. The van der Waals surface area contributed by atoms with E-state index in [4.69, 9.17) is 5.73 Å². The Morgan fingerprint density at radius 3 is 2.68 bits per heavy atom. The molecule has 0 bridgehead atoms. The van der Waals surface area contributed by atoms with E-state index < -0.39 is 0 Å². The maximum Gasteiger partial charge on any atom is 0.0951 e. The van der Waals surface area contributed by atoms with Crippen molar-refractivity contribution in [2.24, 2.45) is 11.3 Å². The van der Waals surface area contributed by atoms with E-state index in [9.17, 15) is 0 Å². The molecule has 0 amide bonds. The smallest absolute Gasteiger partial charge is 0.0951 e. The Bertz CT molecular complexity index is 573. The molecule has 0 aliphatic heterocycles. The van der Waals surface area contributed by atoms with Crippen LogP contribution in [0.5, 0.6) is 0 Å². The molecule has 0 atom stereocenters. The molecule has 2 aromatic rings.